The first-order valence-electron chi connectivity index (χ1n) is 9.03. The lowest BCUT2D eigenvalue weighted by Crippen LogP contribution is -2.37. The van der Waals surface area contributed by atoms with Crippen molar-refractivity contribution in [3.05, 3.63) is 93.3 Å². The van der Waals surface area contributed by atoms with Crippen molar-refractivity contribution in [1.29, 1.82) is 0 Å². The minimum absolute atomic E-state index is 0.118. The van der Waals surface area contributed by atoms with Crippen LogP contribution in [0.15, 0.2) is 76.8 Å². The number of pyridine rings is 1. The van der Waals surface area contributed by atoms with Crippen LogP contribution in [-0.4, -0.2) is 15.0 Å². The van der Waals surface area contributed by atoms with Crippen molar-refractivity contribution >= 4 is 28.7 Å². The monoisotopic (exact) mass is 386 g/mol. The Labute approximate surface area is 166 Å². The van der Waals surface area contributed by atoms with E-state index in [9.17, 15) is 9.59 Å². The zero-order chi connectivity index (χ0) is 20.2. The van der Waals surface area contributed by atoms with E-state index in [1.54, 1.807) is 30.6 Å². The highest BCUT2D eigenvalue weighted by atomic mass is 16.2. The molecule has 8 nitrogen and oxygen atoms in total. The molecule has 0 unspecified atom stereocenters. The quantitative estimate of drug-likeness (QED) is 0.416. The van der Waals surface area contributed by atoms with Gasteiger partial charge in [0.15, 0.2) is 0 Å². The molecule has 0 bridgehead atoms. The fourth-order valence-corrected chi connectivity index (χ4v) is 2.91. The smallest absolute Gasteiger partial charge is 0.253 e. The van der Waals surface area contributed by atoms with Crippen LogP contribution in [0.3, 0.4) is 0 Å². The molecule has 2 heterocycles. The Kier molecular flexibility index (Phi) is 4.98. The number of hydrogen-bond donors (Lipinski definition) is 3. The topological polar surface area (TPSA) is 109 Å². The molecule has 29 heavy (non-hydrogen) atoms. The van der Waals surface area contributed by atoms with E-state index in [-0.39, 0.29) is 17.4 Å². The summed E-state index contributed by atoms with van der Waals surface area (Å²) in [6, 6.07) is 14.7. The number of rotatable bonds is 7. The lowest BCUT2D eigenvalue weighted by Gasteiger charge is -2.20. The van der Waals surface area contributed by atoms with E-state index in [0.717, 1.165) is 5.56 Å². The number of nitrogens with zero attached hydrogens (tertiary/aromatic N) is 3. The van der Waals surface area contributed by atoms with Gasteiger partial charge in [0.2, 0.25) is 0 Å². The van der Waals surface area contributed by atoms with E-state index < -0.39 is 10.9 Å². The average molecular weight is 386 g/mol. The predicted molar refractivity (Wildman–Crippen MR) is 113 cm³/mol. The Bertz CT molecular complexity index is 1190. The lowest BCUT2D eigenvalue weighted by molar-refractivity contribution is 0.880. The van der Waals surface area contributed by atoms with Crippen molar-refractivity contribution in [2.75, 3.05) is 16.0 Å². The molecular weight excluding hydrogens is 368 g/mol. The standard InChI is InChI=1S/C21H18N6O2/c1-13(14-5-3-2-4-6-14)25-18-19(21(29)20(18)28)26-15-7-10-23-17(11-15)27-16-8-9-22-12-24-16/h2-13,25H,1H3,(H2,22,23,24,26,27)/t13-/m1/s1. The SMILES string of the molecule is C[C@@H](Nc1c(Nc2ccnc(Nc3ccncn3)c2)c(=O)c1=O)c1ccccc1. The Balaban J connectivity index is 1.52. The average Bonchev–Trinajstić information content (AvgIpc) is 2.77. The van der Waals surface area contributed by atoms with E-state index in [4.69, 9.17) is 0 Å². The molecule has 0 saturated carbocycles. The van der Waals surface area contributed by atoms with Crippen LogP contribution in [0.25, 0.3) is 0 Å². The van der Waals surface area contributed by atoms with Crippen LogP contribution in [0.2, 0.25) is 0 Å². The van der Waals surface area contributed by atoms with Gasteiger partial charge in [0.25, 0.3) is 10.9 Å². The van der Waals surface area contributed by atoms with Gasteiger partial charge in [-0.15, -0.1) is 0 Å². The van der Waals surface area contributed by atoms with E-state index in [2.05, 4.69) is 30.9 Å². The highest BCUT2D eigenvalue weighted by molar-refractivity contribution is 5.79. The number of nitrogens with one attached hydrogen (secondary N) is 3. The molecule has 144 valence electrons. The number of anilines is 5. The molecule has 4 aromatic rings. The highest BCUT2D eigenvalue weighted by Gasteiger charge is 2.23. The van der Waals surface area contributed by atoms with Crippen LogP contribution < -0.4 is 26.8 Å². The molecule has 2 aromatic heterocycles. The summed E-state index contributed by atoms with van der Waals surface area (Å²) in [6.07, 6.45) is 4.64. The van der Waals surface area contributed by atoms with Gasteiger partial charge >= 0.3 is 0 Å². The third kappa shape index (κ3) is 3.96. The molecule has 0 fully saturated rings. The maximum absolute atomic E-state index is 12.1. The molecule has 2 aromatic carbocycles. The molecule has 0 amide bonds. The summed E-state index contributed by atoms with van der Waals surface area (Å²) >= 11 is 0. The third-order valence-electron chi connectivity index (χ3n) is 4.44. The summed E-state index contributed by atoms with van der Waals surface area (Å²) in [7, 11) is 0. The van der Waals surface area contributed by atoms with Crippen LogP contribution in [0.5, 0.6) is 0 Å². The van der Waals surface area contributed by atoms with Crippen molar-refractivity contribution in [3.63, 3.8) is 0 Å². The zero-order valence-electron chi connectivity index (χ0n) is 15.6. The molecule has 1 atom stereocenters. The number of hydrogen-bond acceptors (Lipinski definition) is 8. The summed E-state index contributed by atoms with van der Waals surface area (Å²) in [5.41, 5.74) is 1.11. The van der Waals surface area contributed by atoms with E-state index in [0.29, 0.717) is 17.3 Å². The van der Waals surface area contributed by atoms with Gasteiger partial charge in [-0.05, 0) is 24.6 Å². The normalized spacial score (nSPS) is 11.8. The molecule has 0 aliphatic carbocycles. The van der Waals surface area contributed by atoms with Crippen LogP contribution >= 0.6 is 0 Å². The first kappa shape index (κ1) is 18.3. The second-order valence-electron chi connectivity index (χ2n) is 6.46. The summed E-state index contributed by atoms with van der Waals surface area (Å²) < 4.78 is 0. The van der Waals surface area contributed by atoms with Gasteiger partial charge in [-0.25, -0.2) is 15.0 Å². The molecule has 0 radical (unpaired) electrons. The maximum atomic E-state index is 12.1. The summed E-state index contributed by atoms with van der Waals surface area (Å²) in [6.45, 7) is 1.94. The number of aromatic nitrogens is 3. The van der Waals surface area contributed by atoms with Gasteiger partial charge in [-0.1, -0.05) is 30.3 Å². The molecule has 3 N–H and O–H groups in total. The molecule has 0 spiro atoms. The largest absolute Gasteiger partial charge is 0.373 e. The van der Waals surface area contributed by atoms with Crippen molar-refractivity contribution in [2.45, 2.75) is 13.0 Å². The molecule has 0 aliphatic rings. The van der Waals surface area contributed by atoms with E-state index in [1.165, 1.54) is 6.33 Å². The van der Waals surface area contributed by atoms with Gasteiger partial charge < -0.3 is 16.0 Å². The first-order valence-corrected chi connectivity index (χ1v) is 9.03. The van der Waals surface area contributed by atoms with Crippen LogP contribution in [-0.2, 0) is 0 Å². The fourth-order valence-electron chi connectivity index (χ4n) is 2.91. The van der Waals surface area contributed by atoms with Gasteiger partial charge in [0, 0.05) is 30.2 Å². The van der Waals surface area contributed by atoms with Crippen molar-refractivity contribution in [3.8, 4) is 0 Å². The predicted octanol–water partition coefficient (Wildman–Crippen LogP) is 3.13. The van der Waals surface area contributed by atoms with E-state index >= 15 is 0 Å². The minimum Gasteiger partial charge on any atom is -0.373 e. The maximum Gasteiger partial charge on any atom is 0.253 e. The van der Waals surface area contributed by atoms with Crippen LogP contribution in [0, 0.1) is 0 Å². The summed E-state index contributed by atoms with van der Waals surface area (Å²) in [5.74, 6) is 1.14. The molecule has 0 saturated heterocycles. The van der Waals surface area contributed by atoms with Crippen LogP contribution in [0.4, 0.5) is 28.7 Å². The van der Waals surface area contributed by atoms with Crippen LogP contribution in [0.1, 0.15) is 18.5 Å². The minimum atomic E-state index is -0.546. The molecular formula is C21H18N6O2. The third-order valence-corrected chi connectivity index (χ3v) is 4.44. The van der Waals surface area contributed by atoms with Gasteiger partial charge in [0.1, 0.15) is 29.3 Å². The summed E-state index contributed by atoms with van der Waals surface area (Å²) in [4.78, 5) is 36.4. The van der Waals surface area contributed by atoms with Crippen molar-refractivity contribution in [2.24, 2.45) is 0 Å². The van der Waals surface area contributed by atoms with Crippen molar-refractivity contribution in [1.82, 2.24) is 15.0 Å². The molecule has 4 rings (SSSR count). The Morgan fingerprint density at radius 3 is 2.38 bits per heavy atom. The van der Waals surface area contributed by atoms with Gasteiger partial charge in [-0.2, -0.15) is 0 Å². The van der Waals surface area contributed by atoms with Crippen molar-refractivity contribution < 1.29 is 0 Å². The molecule has 0 aliphatic heterocycles. The summed E-state index contributed by atoms with van der Waals surface area (Å²) in [5, 5.41) is 9.21. The van der Waals surface area contributed by atoms with Gasteiger partial charge in [-0.3, -0.25) is 9.59 Å². The first-order chi connectivity index (χ1) is 14.1. The second-order valence-corrected chi connectivity index (χ2v) is 6.46. The Hall–Kier alpha value is -4.07. The molecule has 8 heteroatoms. The zero-order valence-corrected chi connectivity index (χ0v) is 15.6. The Morgan fingerprint density at radius 2 is 1.62 bits per heavy atom. The van der Waals surface area contributed by atoms with Gasteiger partial charge in [0.05, 0.1) is 0 Å². The Morgan fingerprint density at radius 1 is 0.828 bits per heavy atom. The lowest BCUT2D eigenvalue weighted by atomic mass is 10.1. The van der Waals surface area contributed by atoms with E-state index in [1.807, 2.05) is 37.3 Å². The second kappa shape index (κ2) is 7.89. The number of benzene rings is 1. The highest BCUT2D eigenvalue weighted by Crippen LogP contribution is 2.26. The fraction of sp³-hybridized carbons (Fsp3) is 0.0952.